The molecule has 0 radical (unpaired) electrons. The maximum absolute atomic E-state index is 10.7. The van der Waals surface area contributed by atoms with Gasteiger partial charge in [-0.3, -0.25) is 4.79 Å². The Hall–Kier alpha value is -1.07. The van der Waals surface area contributed by atoms with E-state index in [-0.39, 0.29) is 0 Å². The van der Waals surface area contributed by atoms with E-state index >= 15 is 0 Å². The van der Waals surface area contributed by atoms with Crippen molar-refractivity contribution >= 4 is 29.0 Å². The fourth-order valence-electron chi connectivity index (χ4n) is 0.310. The third kappa shape index (κ3) is 3.36. The maximum atomic E-state index is 10.7. The fourth-order valence-corrected chi connectivity index (χ4v) is 0.476. The molecule has 0 saturated carbocycles. The molecule has 0 fully saturated rings. The minimum atomic E-state index is -1.29. The number of thiocarbonyl (C=S) groups is 1. The zero-order chi connectivity index (χ0) is 9.72. The van der Waals surface area contributed by atoms with Crippen LogP contribution in [0.25, 0.3) is 0 Å². The molecule has 0 saturated heterocycles. The van der Waals surface area contributed by atoms with E-state index in [0.29, 0.717) is 0 Å². The first kappa shape index (κ1) is 10.9. The molecule has 0 aromatic heterocycles. The van der Waals surface area contributed by atoms with Crippen molar-refractivity contribution in [3.8, 4) is 0 Å². The SMILES string of the molecule is C=CC(=O)C(=S)OC(=O)C(C)O. The number of hydrogen-bond acceptors (Lipinski definition) is 5. The van der Waals surface area contributed by atoms with Crippen molar-refractivity contribution in [1.29, 1.82) is 0 Å². The van der Waals surface area contributed by atoms with E-state index in [0.717, 1.165) is 6.08 Å². The van der Waals surface area contributed by atoms with Gasteiger partial charge in [-0.1, -0.05) is 6.58 Å². The zero-order valence-electron chi connectivity index (χ0n) is 6.44. The van der Waals surface area contributed by atoms with Gasteiger partial charge in [-0.05, 0) is 25.2 Å². The third-order valence-electron chi connectivity index (χ3n) is 0.921. The molecule has 12 heavy (non-hydrogen) atoms. The summed E-state index contributed by atoms with van der Waals surface area (Å²) in [6.07, 6.45) is -0.363. The highest BCUT2D eigenvalue weighted by Crippen LogP contribution is 1.91. The van der Waals surface area contributed by atoms with Gasteiger partial charge in [-0.25, -0.2) is 4.79 Å². The van der Waals surface area contributed by atoms with Gasteiger partial charge < -0.3 is 9.84 Å². The Morgan fingerprint density at radius 1 is 1.67 bits per heavy atom. The fraction of sp³-hybridized carbons (Fsp3) is 0.286. The number of carbonyl (C=O) groups excluding carboxylic acids is 2. The number of aliphatic hydroxyl groups is 1. The van der Waals surface area contributed by atoms with Gasteiger partial charge in [0.25, 0.3) is 0 Å². The molecule has 1 N–H and O–H groups in total. The molecule has 0 rings (SSSR count). The van der Waals surface area contributed by atoms with E-state index in [4.69, 9.17) is 5.11 Å². The minimum Gasteiger partial charge on any atom is -0.408 e. The van der Waals surface area contributed by atoms with Crippen LogP contribution in [0.3, 0.4) is 0 Å². The van der Waals surface area contributed by atoms with Gasteiger partial charge in [0.2, 0.25) is 10.8 Å². The molecule has 0 aromatic rings. The smallest absolute Gasteiger partial charge is 0.341 e. The lowest BCUT2D eigenvalue weighted by Gasteiger charge is -2.03. The summed E-state index contributed by atoms with van der Waals surface area (Å²) in [6, 6.07) is 0. The summed E-state index contributed by atoms with van der Waals surface area (Å²) in [5.74, 6) is -1.60. The summed E-state index contributed by atoms with van der Waals surface area (Å²) >= 11 is 4.40. The standard InChI is InChI=1S/C7H8O4S/c1-3-5(9)7(12)11-6(10)4(2)8/h3-4,8H,1H2,2H3. The average Bonchev–Trinajstić information content (AvgIpc) is 2.02. The Balaban J connectivity index is 4.10. The zero-order valence-corrected chi connectivity index (χ0v) is 7.26. The lowest BCUT2D eigenvalue weighted by molar-refractivity contribution is -0.144. The van der Waals surface area contributed by atoms with Crippen LogP contribution in [0.5, 0.6) is 0 Å². The Labute approximate surface area is 74.8 Å². The van der Waals surface area contributed by atoms with Crippen LogP contribution in [0.1, 0.15) is 6.92 Å². The Bertz CT molecular complexity index is 232. The molecule has 0 aliphatic heterocycles. The Kier molecular flexibility index (Phi) is 4.31. The minimum absolute atomic E-state index is 0.504. The monoisotopic (exact) mass is 188 g/mol. The van der Waals surface area contributed by atoms with E-state index in [1.807, 2.05) is 0 Å². The van der Waals surface area contributed by atoms with Crippen molar-refractivity contribution < 1.29 is 19.4 Å². The lowest BCUT2D eigenvalue weighted by Crippen LogP contribution is -2.25. The van der Waals surface area contributed by atoms with E-state index in [1.165, 1.54) is 6.92 Å². The Morgan fingerprint density at radius 2 is 2.17 bits per heavy atom. The molecule has 1 unspecified atom stereocenters. The van der Waals surface area contributed by atoms with Crippen LogP contribution in [0.2, 0.25) is 0 Å². The summed E-state index contributed by atoms with van der Waals surface area (Å²) in [6.45, 7) is 4.35. The van der Waals surface area contributed by atoms with Crippen molar-refractivity contribution in [3.63, 3.8) is 0 Å². The predicted molar refractivity (Wildman–Crippen MR) is 45.6 cm³/mol. The topological polar surface area (TPSA) is 63.6 Å². The highest BCUT2D eigenvalue weighted by atomic mass is 32.1. The second kappa shape index (κ2) is 4.74. The Morgan fingerprint density at radius 3 is 2.50 bits per heavy atom. The van der Waals surface area contributed by atoms with Gasteiger partial charge in [-0.15, -0.1) is 0 Å². The molecule has 0 amide bonds. The summed E-state index contributed by atoms with van der Waals surface area (Å²) in [7, 11) is 0. The van der Waals surface area contributed by atoms with Crippen molar-refractivity contribution in [2.75, 3.05) is 0 Å². The first-order valence-electron chi connectivity index (χ1n) is 3.09. The maximum Gasteiger partial charge on any atom is 0.341 e. The van der Waals surface area contributed by atoms with Gasteiger partial charge in [0.1, 0.15) is 6.10 Å². The molecule has 0 aliphatic rings. The second-order valence-electron chi connectivity index (χ2n) is 1.95. The van der Waals surface area contributed by atoms with Gasteiger partial charge in [-0.2, -0.15) is 0 Å². The molecule has 0 heterocycles. The number of hydrogen-bond donors (Lipinski definition) is 1. The molecule has 1 atom stereocenters. The van der Waals surface area contributed by atoms with Gasteiger partial charge in [0.15, 0.2) is 0 Å². The number of ketones is 1. The molecule has 4 nitrogen and oxygen atoms in total. The average molecular weight is 188 g/mol. The predicted octanol–water partition coefficient (Wildman–Crippen LogP) is -0.00710. The van der Waals surface area contributed by atoms with Gasteiger partial charge in [0.05, 0.1) is 0 Å². The highest BCUT2D eigenvalue weighted by molar-refractivity contribution is 7.81. The summed E-state index contributed by atoms with van der Waals surface area (Å²) in [5.41, 5.74) is 0. The number of carbonyl (C=O) groups is 2. The molecule has 0 aliphatic carbocycles. The number of esters is 1. The lowest BCUT2D eigenvalue weighted by atomic mass is 10.4. The van der Waals surface area contributed by atoms with E-state index < -0.39 is 22.9 Å². The van der Waals surface area contributed by atoms with Crippen molar-refractivity contribution in [1.82, 2.24) is 0 Å². The van der Waals surface area contributed by atoms with Crippen molar-refractivity contribution in [2.45, 2.75) is 13.0 Å². The van der Waals surface area contributed by atoms with Crippen LogP contribution in [-0.2, 0) is 14.3 Å². The molecule has 5 heteroatoms. The van der Waals surface area contributed by atoms with Crippen LogP contribution in [0.15, 0.2) is 12.7 Å². The molecule has 0 spiro atoms. The first-order valence-corrected chi connectivity index (χ1v) is 3.50. The number of rotatable bonds is 3. The summed E-state index contributed by atoms with van der Waals surface area (Å²) < 4.78 is 4.29. The van der Waals surface area contributed by atoms with E-state index in [9.17, 15) is 9.59 Å². The number of ether oxygens (including phenoxy) is 1. The molecule has 66 valence electrons. The van der Waals surface area contributed by atoms with Crippen LogP contribution in [-0.4, -0.2) is 28.0 Å². The highest BCUT2D eigenvalue weighted by Gasteiger charge is 2.16. The van der Waals surface area contributed by atoms with Crippen LogP contribution < -0.4 is 0 Å². The van der Waals surface area contributed by atoms with Crippen LogP contribution >= 0.6 is 12.2 Å². The molecule has 0 aromatic carbocycles. The summed E-state index contributed by atoms with van der Waals surface area (Å²) in [5, 5.41) is 8.15. The summed E-state index contributed by atoms with van der Waals surface area (Å²) in [4.78, 5) is 21.3. The van der Waals surface area contributed by atoms with Gasteiger partial charge in [0, 0.05) is 0 Å². The quantitative estimate of drug-likeness (QED) is 0.383. The van der Waals surface area contributed by atoms with Gasteiger partial charge >= 0.3 is 5.97 Å². The van der Waals surface area contributed by atoms with Crippen molar-refractivity contribution in [3.05, 3.63) is 12.7 Å². The van der Waals surface area contributed by atoms with Crippen LogP contribution in [0.4, 0.5) is 0 Å². The third-order valence-corrected chi connectivity index (χ3v) is 1.21. The largest absolute Gasteiger partial charge is 0.408 e. The van der Waals surface area contributed by atoms with Crippen molar-refractivity contribution in [2.24, 2.45) is 0 Å². The van der Waals surface area contributed by atoms with E-state index in [2.05, 4.69) is 23.5 Å². The van der Waals surface area contributed by atoms with Crippen LogP contribution in [0, 0.1) is 0 Å². The molecular formula is C7H8O4S. The molecule has 0 bridgehead atoms. The molecular weight excluding hydrogens is 180 g/mol. The van der Waals surface area contributed by atoms with E-state index in [1.54, 1.807) is 0 Å². The normalized spacial score (nSPS) is 11.5. The second-order valence-corrected chi connectivity index (χ2v) is 2.32. The first-order chi connectivity index (χ1) is 5.49. The number of aliphatic hydroxyl groups excluding tert-OH is 1.